The van der Waals surface area contributed by atoms with Gasteiger partial charge in [0.05, 0.1) is 0 Å². The Morgan fingerprint density at radius 2 is 2.06 bits per heavy atom. The summed E-state index contributed by atoms with van der Waals surface area (Å²) in [6, 6.07) is 10.1. The first kappa shape index (κ1) is 14.3. The highest BCUT2D eigenvalue weighted by Gasteiger charge is 2.23. The first-order valence-corrected chi connectivity index (χ1v) is 8.99. The molecule has 1 aromatic carbocycles. The number of rotatable bonds is 4. The fourth-order valence-corrected chi connectivity index (χ4v) is 4.01. The molecule has 1 N–H and O–H groups in total. The van der Waals surface area contributed by atoms with Crippen molar-refractivity contribution >= 4 is 23.5 Å². The number of nitrogens with one attached hydrogen (secondary N) is 1. The molecule has 0 radical (unpaired) electrons. The summed E-state index contributed by atoms with van der Waals surface area (Å²) >= 11 is 3.91. The molecule has 0 spiro atoms. The Morgan fingerprint density at radius 3 is 2.67 bits per heavy atom. The van der Waals surface area contributed by atoms with Crippen molar-refractivity contribution in [1.29, 1.82) is 0 Å². The zero-order valence-electron chi connectivity index (χ0n) is 11.5. The molecule has 18 heavy (non-hydrogen) atoms. The third-order valence-electron chi connectivity index (χ3n) is 3.69. The topological polar surface area (TPSA) is 12.0 Å². The van der Waals surface area contributed by atoms with Crippen molar-refractivity contribution < 1.29 is 0 Å². The molecule has 1 aliphatic rings. The van der Waals surface area contributed by atoms with Gasteiger partial charge in [0.1, 0.15) is 0 Å². The second kappa shape index (κ2) is 6.88. The zero-order chi connectivity index (χ0) is 13.0. The van der Waals surface area contributed by atoms with Crippen molar-refractivity contribution in [2.24, 2.45) is 0 Å². The first-order valence-electron chi connectivity index (χ1n) is 6.72. The third kappa shape index (κ3) is 3.69. The van der Waals surface area contributed by atoms with Gasteiger partial charge in [0.2, 0.25) is 0 Å². The maximum Gasteiger partial charge on any atom is 0.0294 e. The quantitative estimate of drug-likeness (QED) is 0.824. The number of hydrogen-bond donors (Lipinski definition) is 1. The van der Waals surface area contributed by atoms with Gasteiger partial charge in [-0.2, -0.15) is 11.8 Å². The molecule has 0 saturated carbocycles. The van der Waals surface area contributed by atoms with Gasteiger partial charge in [-0.1, -0.05) is 19.1 Å². The van der Waals surface area contributed by atoms with Crippen LogP contribution in [0.2, 0.25) is 0 Å². The largest absolute Gasteiger partial charge is 0.306 e. The second-order valence-electron chi connectivity index (χ2n) is 4.99. The van der Waals surface area contributed by atoms with Crippen LogP contribution in [0.25, 0.3) is 0 Å². The fraction of sp³-hybridized carbons (Fsp3) is 0.600. The molecule has 3 atom stereocenters. The smallest absolute Gasteiger partial charge is 0.0294 e. The molecule has 100 valence electrons. The van der Waals surface area contributed by atoms with Crippen LogP contribution < -0.4 is 5.32 Å². The first-order chi connectivity index (χ1) is 8.70. The molecule has 1 fully saturated rings. The van der Waals surface area contributed by atoms with Crippen molar-refractivity contribution in [2.45, 2.75) is 48.9 Å². The van der Waals surface area contributed by atoms with Gasteiger partial charge >= 0.3 is 0 Å². The molecule has 0 aliphatic carbocycles. The van der Waals surface area contributed by atoms with Crippen LogP contribution in [-0.4, -0.2) is 23.3 Å². The van der Waals surface area contributed by atoms with Crippen LogP contribution in [0.3, 0.4) is 0 Å². The number of benzene rings is 1. The van der Waals surface area contributed by atoms with Crippen molar-refractivity contribution in [3.63, 3.8) is 0 Å². The molecular formula is C15H23NS2. The van der Waals surface area contributed by atoms with E-state index in [0.29, 0.717) is 12.1 Å². The van der Waals surface area contributed by atoms with E-state index in [4.69, 9.17) is 0 Å². The Morgan fingerprint density at radius 1 is 1.33 bits per heavy atom. The van der Waals surface area contributed by atoms with Crippen LogP contribution in [0.1, 0.15) is 38.3 Å². The molecule has 0 amide bonds. The normalized spacial score (nSPS) is 25.9. The van der Waals surface area contributed by atoms with Crippen LogP contribution in [0.15, 0.2) is 29.2 Å². The zero-order valence-corrected chi connectivity index (χ0v) is 13.1. The molecule has 0 bridgehead atoms. The van der Waals surface area contributed by atoms with Crippen molar-refractivity contribution in [1.82, 2.24) is 5.32 Å². The molecule has 0 aromatic heterocycles. The van der Waals surface area contributed by atoms with Crippen LogP contribution in [0.4, 0.5) is 0 Å². The molecule has 1 saturated heterocycles. The summed E-state index contributed by atoms with van der Waals surface area (Å²) in [5.74, 6) is 1.33. The van der Waals surface area contributed by atoms with Crippen molar-refractivity contribution in [3.05, 3.63) is 29.8 Å². The molecule has 1 aromatic rings. The van der Waals surface area contributed by atoms with Gasteiger partial charge in [-0.05, 0) is 49.5 Å². The lowest BCUT2D eigenvalue weighted by molar-refractivity contribution is 0.417. The molecule has 1 nitrogen and oxygen atoms in total. The van der Waals surface area contributed by atoms with Gasteiger partial charge in [-0.15, -0.1) is 11.8 Å². The Labute approximate surface area is 120 Å². The second-order valence-corrected chi connectivity index (χ2v) is 7.35. The highest BCUT2D eigenvalue weighted by atomic mass is 32.2. The molecule has 3 unspecified atom stereocenters. The van der Waals surface area contributed by atoms with Gasteiger partial charge in [0, 0.05) is 22.2 Å². The van der Waals surface area contributed by atoms with E-state index in [1.165, 1.54) is 29.1 Å². The third-order valence-corrected chi connectivity index (χ3v) is 5.81. The van der Waals surface area contributed by atoms with E-state index in [0.717, 1.165) is 5.25 Å². The van der Waals surface area contributed by atoms with E-state index in [1.54, 1.807) is 11.8 Å². The predicted molar refractivity (Wildman–Crippen MR) is 84.7 cm³/mol. The maximum atomic E-state index is 3.79. The van der Waals surface area contributed by atoms with E-state index in [9.17, 15) is 0 Å². The Bertz CT molecular complexity index is 363. The SMILES string of the molecule is CSc1ccc(C(C)NC2CCCSC2C)cc1. The van der Waals surface area contributed by atoms with E-state index in [-0.39, 0.29) is 0 Å². The van der Waals surface area contributed by atoms with Gasteiger partial charge in [-0.3, -0.25) is 0 Å². The van der Waals surface area contributed by atoms with Crippen LogP contribution in [0, 0.1) is 0 Å². The van der Waals surface area contributed by atoms with Crippen LogP contribution in [0.5, 0.6) is 0 Å². The fourth-order valence-electron chi connectivity index (χ4n) is 2.45. The van der Waals surface area contributed by atoms with E-state index < -0.39 is 0 Å². The molecular weight excluding hydrogens is 258 g/mol. The minimum absolute atomic E-state index is 0.451. The lowest BCUT2D eigenvalue weighted by atomic mass is 10.0. The van der Waals surface area contributed by atoms with Gasteiger partial charge < -0.3 is 5.32 Å². The van der Waals surface area contributed by atoms with Gasteiger partial charge in [-0.25, -0.2) is 0 Å². The summed E-state index contributed by atoms with van der Waals surface area (Å²) < 4.78 is 0. The van der Waals surface area contributed by atoms with Crippen LogP contribution >= 0.6 is 23.5 Å². The molecule has 3 heteroatoms. The number of hydrogen-bond acceptors (Lipinski definition) is 3. The summed E-state index contributed by atoms with van der Waals surface area (Å²) in [6.45, 7) is 4.63. The molecule has 1 aliphatic heterocycles. The highest BCUT2D eigenvalue weighted by molar-refractivity contribution is 8.00. The number of thioether (sulfide) groups is 2. The minimum Gasteiger partial charge on any atom is -0.306 e. The predicted octanol–water partition coefficient (Wildman–Crippen LogP) is 4.34. The summed E-state index contributed by atoms with van der Waals surface area (Å²) in [5.41, 5.74) is 1.40. The molecule has 2 rings (SSSR count). The maximum absolute atomic E-state index is 3.79. The van der Waals surface area contributed by atoms with Crippen LogP contribution in [-0.2, 0) is 0 Å². The Kier molecular flexibility index (Phi) is 5.46. The lowest BCUT2D eigenvalue weighted by Crippen LogP contribution is -2.40. The van der Waals surface area contributed by atoms with Gasteiger partial charge in [0.15, 0.2) is 0 Å². The Balaban J connectivity index is 1.95. The Hall–Kier alpha value is -0.120. The summed E-state index contributed by atoms with van der Waals surface area (Å²) in [4.78, 5) is 1.34. The van der Waals surface area contributed by atoms with Crippen molar-refractivity contribution in [2.75, 3.05) is 12.0 Å². The lowest BCUT2D eigenvalue weighted by Gasteiger charge is -2.32. The van der Waals surface area contributed by atoms with E-state index in [1.807, 2.05) is 0 Å². The minimum atomic E-state index is 0.451. The van der Waals surface area contributed by atoms with Gasteiger partial charge in [0.25, 0.3) is 0 Å². The summed E-state index contributed by atoms with van der Waals surface area (Å²) in [5, 5.41) is 4.54. The molecule has 1 heterocycles. The summed E-state index contributed by atoms with van der Waals surface area (Å²) in [6.07, 6.45) is 4.80. The van der Waals surface area contributed by atoms with E-state index >= 15 is 0 Å². The van der Waals surface area contributed by atoms with E-state index in [2.05, 4.69) is 61.4 Å². The monoisotopic (exact) mass is 281 g/mol. The average molecular weight is 281 g/mol. The van der Waals surface area contributed by atoms with Crippen molar-refractivity contribution in [3.8, 4) is 0 Å². The highest BCUT2D eigenvalue weighted by Crippen LogP contribution is 2.27. The standard InChI is InChI=1S/C15H23NS2/c1-11(13-6-8-14(17-3)9-7-13)16-15-5-4-10-18-12(15)2/h6-9,11-12,15-16H,4-5,10H2,1-3H3. The average Bonchev–Trinajstić information content (AvgIpc) is 2.41. The summed E-state index contributed by atoms with van der Waals surface area (Å²) in [7, 11) is 0.